The van der Waals surface area contributed by atoms with Crippen molar-refractivity contribution in [2.45, 2.75) is 6.42 Å². The summed E-state index contributed by atoms with van der Waals surface area (Å²) in [6, 6.07) is 0. The molecule has 0 saturated carbocycles. The first-order chi connectivity index (χ1) is 7.93. The Kier molecular flexibility index (Phi) is 1.33. The lowest BCUT2D eigenvalue weighted by Gasteiger charge is -2.07. The van der Waals surface area contributed by atoms with Gasteiger partial charge >= 0.3 is 0 Å². The maximum absolute atomic E-state index is 4.42. The highest BCUT2D eigenvalue weighted by molar-refractivity contribution is 5.90. The van der Waals surface area contributed by atoms with Crippen molar-refractivity contribution in [2.75, 3.05) is 0 Å². The molecule has 0 saturated heterocycles. The average molecular weight is 208 g/mol. The van der Waals surface area contributed by atoms with Crippen LogP contribution in [0, 0.1) is 0 Å². The molecule has 1 aliphatic carbocycles. The van der Waals surface area contributed by atoms with Crippen LogP contribution in [0.2, 0.25) is 0 Å². The lowest BCUT2D eigenvalue weighted by molar-refractivity contribution is 1.10. The third kappa shape index (κ3) is 0.863. The van der Waals surface area contributed by atoms with Gasteiger partial charge in [0.2, 0.25) is 0 Å². The molecule has 16 heavy (non-hydrogen) atoms. The number of allylic oxidation sites excluding steroid dienone is 1. The fourth-order valence-corrected chi connectivity index (χ4v) is 2.33. The molecule has 1 aromatic rings. The van der Waals surface area contributed by atoms with E-state index in [0.29, 0.717) is 0 Å². The van der Waals surface area contributed by atoms with Gasteiger partial charge in [-0.05, 0) is 18.1 Å². The predicted molar refractivity (Wildman–Crippen MR) is 61.0 cm³/mol. The van der Waals surface area contributed by atoms with Crippen LogP contribution in [0.3, 0.4) is 0 Å². The van der Waals surface area contributed by atoms with Gasteiger partial charge in [0, 0.05) is 23.5 Å². The molecule has 4 heteroatoms. The van der Waals surface area contributed by atoms with E-state index in [9.17, 15) is 0 Å². The molecule has 0 bridgehead atoms. The molecule has 0 amide bonds. The summed E-state index contributed by atoms with van der Waals surface area (Å²) in [5.74, 6) is 0. The SMILES string of the molecule is C1=Cc2ncc3cnc4cn[nH]c4c(c2-3)C1. The van der Waals surface area contributed by atoms with Crippen LogP contribution in [-0.4, -0.2) is 20.2 Å². The first-order valence-corrected chi connectivity index (χ1v) is 5.20. The first kappa shape index (κ1) is 7.98. The molecular weight excluding hydrogens is 200 g/mol. The minimum Gasteiger partial charge on any atom is -0.276 e. The minimum absolute atomic E-state index is 0.907. The van der Waals surface area contributed by atoms with Gasteiger partial charge in [-0.3, -0.25) is 15.1 Å². The zero-order valence-corrected chi connectivity index (χ0v) is 8.44. The summed E-state index contributed by atoms with van der Waals surface area (Å²) in [4.78, 5) is 8.80. The predicted octanol–water partition coefficient (Wildman–Crippen LogP) is 2.03. The number of hydrogen-bond donors (Lipinski definition) is 1. The number of H-pyrrole nitrogens is 1. The van der Waals surface area contributed by atoms with Crippen molar-refractivity contribution < 1.29 is 0 Å². The Morgan fingerprint density at radius 2 is 2.06 bits per heavy atom. The van der Waals surface area contributed by atoms with Gasteiger partial charge in [0.15, 0.2) is 0 Å². The molecule has 4 nitrogen and oxygen atoms in total. The molecule has 2 aliphatic heterocycles. The Labute approximate surface area is 91.4 Å². The summed E-state index contributed by atoms with van der Waals surface area (Å²) < 4.78 is 0. The molecule has 0 unspecified atom stereocenters. The average Bonchev–Trinajstić information content (AvgIpc) is 2.88. The van der Waals surface area contributed by atoms with Gasteiger partial charge in [0.05, 0.1) is 17.4 Å². The number of nitrogens with one attached hydrogen (secondary N) is 1. The zero-order chi connectivity index (χ0) is 10.5. The molecule has 3 heterocycles. The van der Waals surface area contributed by atoms with Gasteiger partial charge in [0.1, 0.15) is 5.52 Å². The fraction of sp³-hybridized carbons (Fsp3) is 0.0833. The molecule has 0 spiro atoms. The van der Waals surface area contributed by atoms with E-state index in [1.165, 1.54) is 11.1 Å². The van der Waals surface area contributed by atoms with Crippen LogP contribution in [0.1, 0.15) is 11.3 Å². The summed E-state index contributed by atoms with van der Waals surface area (Å²) >= 11 is 0. The summed E-state index contributed by atoms with van der Waals surface area (Å²) in [6.07, 6.45) is 10.6. The second-order valence-corrected chi connectivity index (χ2v) is 3.95. The molecule has 0 aromatic carbocycles. The highest BCUT2D eigenvalue weighted by Crippen LogP contribution is 2.35. The number of aromatic nitrogens is 4. The Balaban J connectivity index is 2.29. The van der Waals surface area contributed by atoms with Crippen LogP contribution in [0.4, 0.5) is 0 Å². The summed E-state index contributed by atoms with van der Waals surface area (Å²) in [6.45, 7) is 0. The van der Waals surface area contributed by atoms with Gasteiger partial charge < -0.3 is 0 Å². The fourth-order valence-electron chi connectivity index (χ4n) is 2.33. The normalized spacial score (nSPS) is 13.8. The van der Waals surface area contributed by atoms with E-state index in [2.05, 4.69) is 32.3 Å². The van der Waals surface area contributed by atoms with E-state index < -0.39 is 0 Å². The van der Waals surface area contributed by atoms with Crippen molar-refractivity contribution in [2.24, 2.45) is 0 Å². The standard InChI is InChI=1S/C12H8N4/c1-2-8-11-7(4-13-9(11)3-1)5-14-10-6-15-16-12(8)10/h1,3-6H,2H2,(H,15,16). The van der Waals surface area contributed by atoms with Crippen LogP contribution in [0.15, 0.2) is 24.7 Å². The minimum atomic E-state index is 0.907. The Bertz CT molecular complexity index is 696. The molecule has 0 atom stereocenters. The summed E-state index contributed by atoms with van der Waals surface area (Å²) in [7, 11) is 0. The largest absolute Gasteiger partial charge is 0.276 e. The molecule has 1 N–H and O–H groups in total. The van der Waals surface area contributed by atoms with E-state index in [0.717, 1.165) is 28.7 Å². The number of aromatic amines is 1. The highest BCUT2D eigenvalue weighted by Gasteiger charge is 2.19. The van der Waals surface area contributed by atoms with Crippen LogP contribution in [0.25, 0.3) is 28.2 Å². The Morgan fingerprint density at radius 1 is 1.12 bits per heavy atom. The van der Waals surface area contributed by atoms with Crippen molar-refractivity contribution in [1.29, 1.82) is 0 Å². The van der Waals surface area contributed by atoms with E-state index in [1.54, 1.807) is 6.20 Å². The Morgan fingerprint density at radius 3 is 3.06 bits per heavy atom. The molecule has 0 fully saturated rings. The van der Waals surface area contributed by atoms with Crippen molar-refractivity contribution in [1.82, 2.24) is 20.2 Å². The van der Waals surface area contributed by atoms with Crippen LogP contribution in [-0.2, 0) is 6.42 Å². The van der Waals surface area contributed by atoms with E-state index in [-0.39, 0.29) is 0 Å². The number of rotatable bonds is 0. The molecule has 76 valence electrons. The molecule has 1 aromatic heterocycles. The van der Waals surface area contributed by atoms with Gasteiger partial charge in [-0.25, -0.2) is 0 Å². The maximum Gasteiger partial charge on any atom is 0.108 e. The lowest BCUT2D eigenvalue weighted by atomic mass is 9.96. The van der Waals surface area contributed by atoms with E-state index >= 15 is 0 Å². The highest BCUT2D eigenvalue weighted by atomic mass is 15.1. The first-order valence-electron chi connectivity index (χ1n) is 5.20. The third-order valence-electron chi connectivity index (χ3n) is 3.05. The monoisotopic (exact) mass is 208 g/mol. The van der Waals surface area contributed by atoms with Crippen molar-refractivity contribution in [3.63, 3.8) is 0 Å². The van der Waals surface area contributed by atoms with Gasteiger partial charge in [-0.15, -0.1) is 0 Å². The van der Waals surface area contributed by atoms with Crippen molar-refractivity contribution in [3.05, 3.63) is 35.9 Å². The van der Waals surface area contributed by atoms with Crippen LogP contribution in [0.5, 0.6) is 0 Å². The van der Waals surface area contributed by atoms with Gasteiger partial charge in [-0.2, -0.15) is 5.10 Å². The van der Waals surface area contributed by atoms with Crippen LogP contribution >= 0.6 is 0 Å². The molecular formula is C12H8N4. The smallest absolute Gasteiger partial charge is 0.108 e. The van der Waals surface area contributed by atoms with Crippen molar-refractivity contribution >= 4 is 17.1 Å². The summed E-state index contributed by atoms with van der Waals surface area (Å²) in [5, 5.41) is 7.08. The lowest BCUT2D eigenvalue weighted by Crippen LogP contribution is -1.92. The van der Waals surface area contributed by atoms with Gasteiger partial charge in [-0.1, -0.05) is 6.08 Å². The zero-order valence-electron chi connectivity index (χ0n) is 8.44. The number of fused-ring (bicyclic) bond motifs is 2. The van der Waals surface area contributed by atoms with Crippen molar-refractivity contribution in [3.8, 4) is 11.1 Å². The quantitative estimate of drug-likeness (QED) is 0.615. The van der Waals surface area contributed by atoms with Crippen LogP contribution < -0.4 is 0 Å². The molecule has 3 aliphatic rings. The number of hydrogen-bond acceptors (Lipinski definition) is 3. The summed E-state index contributed by atoms with van der Waals surface area (Å²) in [5.41, 5.74) is 6.51. The number of nitrogens with zero attached hydrogens (tertiary/aromatic N) is 3. The van der Waals surface area contributed by atoms with E-state index in [4.69, 9.17) is 0 Å². The van der Waals surface area contributed by atoms with Gasteiger partial charge in [0.25, 0.3) is 0 Å². The third-order valence-corrected chi connectivity index (χ3v) is 3.05. The Hall–Kier alpha value is -2.23. The molecule has 0 radical (unpaired) electrons. The topological polar surface area (TPSA) is 54.5 Å². The second kappa shape index (κ2) is 2.66. The molecule has 4 rings (SSSR count). The maximum atomic E-state index is 4.42. The second-order valence-electron chi connectivity index (χ2n) is 3.95. The van der Waals surface area contributed by atoms with E-state index in [1.807, 2.05) is 12.4 Å².